The number of imide groups is 1. The van der Waals surface area contributed by atoms with Crippen LogP contribution in [-0.4, -0.2) is 81.7 Å². The number of rotatable bonds is 24. The first-order valence-corrected chi connectivity index (χ1v) is 47.4. The van der Waals surface area contributed by atoms with E-state index in [0.717, 1.165) is 157 Å². The van der Waals surface area contributed by atoms with E-state index in [9.17, 15) is 29.1 Å². The molecule has 14 rings (SSSR count). The van der Waals surface area contributed by atoms with Crippen molar-refractivity contribution in [3.63, 3.8) is 0 Å². The first-order valence-electron chi connectivity index (χ1n) is 46.9. The van der Waals surface area contributed by atoms with Gasteiger partial charge in [-0.15, -0.1) is 28.3 Å². The molecule has 638 valence electrons. The highest BCUT2D eigenvalue weighted by Crippen LogP contribution is 2.71. The molecule has 1 heterocycles. The Morgan fingerprint density at radius 2 is 0.841 bits per heavy atom. The smallest absolute Gasteiger partial charge is 0.358 e. The number of carboxylic acid groups (broad SMARTS) is 1. The standard InChI is InChI=1S/C33H51NO5.C29H48O3.C27H46O.C10H12O.CH2Cl2/c1-21(2)7-6-8-22(3)26-11-12-27-25-10-9-23-19-24(15-17-32(23,4)28(25)16-18-33(26,27)5)38-20-31(37)39-34-29(35)13-14-30(34)36;1-19(2)7-6-8-20(3)24-11-12-25-23-10-9-21-17-22(32-18-27(30)31)13-15-28(21,4)26(23)14-16-29(24,25)5;1-18(2)7-6-8-19(3)23-11-12-24-22-10-9-20-17-21(28)13-15-26(20,4)25(22)14-16-27(23,24)5;1-8(9(2)11)10-6-4-3-5-7-10;2-1-3/h9,21-22,24-28H,6-8,10-20H2,1-5H3;9,19-20,22-26H,6-8,10-18H2,1-5H3,(H,30,31);9,18-19,21-25,28H,6-8,10-17H2,1-5H3;3-8H,1-2H3;1H2/t22?,24-,25?,26?,27?,28?,32-,33+;20?,22-,23?,24?,25?,26?,28-,29+;19?,21-,22?,23?,24?,25?,26-,27+;;/m000../s1/i;;;8D;. The summed E-state index contributed by atoms with van der Waals surface area (Å²) in [5, 5.41) is 20.0. The zero-order valence-electron chi connectivity index (χ0n) is 75.0. The zero-order chi connectivity index (χ0) is 83.0. The molecule has 0 radical (unpaired) electrons. The fourth-order valence-electron chi connectivity index (χ4n) is 28.3. The minimum atomic E-state index is -1.10. The predicted molar refractivity (Wildman–Crippen MR) is 462 cm³/mol. The van der Waals surface area contributed by atoms with Crippen molar-refractivity contribution in [2.75, 3.05) is 18.6 Å². The van der Waals surface area contributed by atoms with E-state index in [4.69, 9.17) is 44.0 Å². The van der Waals surface area contributed by atoms with Crippen LogP contribution in [0.1, 0.15) is 355 Å². The molecule has 1 aliphatic heterocycles. The van der Waals surface area contributed by atoms with Gasteiger partial charge >= 0.3 is 11.9 Å². The number of hydroxylamine groups is 2. The number of amides is 2. The van der Waals surface area contributed by atoms with Crippen LogP contribution >= 0.6 is 23.2 Å². The number of nitrogens with zero attached hydrogens (tertiary/aromatic N) is 1. The van der Waals surface area contributed by atoms with Crippen molar-refractivity contribution < 1.29 is 49.9 Å². The monoisotopic (exact) mass is 1610 g/mol. The first kappa shape index (κ1) is 90.4. The molecule has 0 bridgehead atoms. The third kappa shape index (κ3) is 20.8. The molecule has 10 fully saturated rings. The van der Waals surface area contributed by atoms with Gasteiger partial charge in [0.25, 0.3) is 11.8 Å². The number of Topliss-reactive ketones (excluding diaryl/α,β-unsaturated/α-hetero) is 1. The third-order valence-corrected chi connectivity index (χ3v) is 34.6. The lowest BCUT2D eigenvalue weighted by molar-refractivity contribution is -0.201. The second-order valence-corrected chi connectivity index (χ2v) is 43.0. The number of halogens is 2. The topological polar surface area (TPSA) is 157 Å². The second-order valence-electron chi connectivity index (χ2n) is 42.2. The average Bonchev–Trinajstić information content (AvgIpc) is 1.46. The largest absolute Gasteiger partial charge is 0.480 e. The number of carboxylic acids is 1. The van der Waals surface area contributed by atoms with Crippen LogP contribution in [0.5, 0.6) is 0 Å². The summed E-state index contributed by atoms with van der Waals surface area (Å²) in [6.07, 6.45) is 50.6. The number of benzene rings is 1. The fourth-order valence-corrected chi connectivity index (χ4v) is 28.3. The van der Waals surface area contributed by atoms with Crippen LogP contribution < -0.4 is 0 Å². The zero-order valence-corrected chi connectivity index (χ0v) is 75.5. The van der Waals surface area contributed by atoms with E-state index in [0.29, 0.717) is 32.1 Å². The number of alkyl halides is 2. The Kier molecular flexibility index (Phi) is 31.9. The van der Waals surface area contributed by atoms with Crippen molar-refractivity contribution in [2.24, 2.45) is 139 Å². The molecule has 9 saturated carbocycles. The van der Waals surface area contributed by atoms with Crippen molar-refractivity contribution in [3.8, 4) is 0 Å². The predicted octanol–water partition coefficient (Wildman–Crippen LogP) is 25.7. The summed E-state index contributed by atoms with van der Waals surface area (Å²) in [7, 11) is 0. The molecule has 25 atom stereocenters. The van der Waals surface area contributed by atoms with Gasteiger partial charge in [0.05, 0.1) is 23.7 Å². The summed E-state index contributed by atoms with van der Waals surface area (Å²) in [4.78, 5) is 62.7. The van der Waals surface area contributed by atoms with Crippen molar-refractivity contribution in [2.45, 2.75) is 367 Å². The molecule has 1 saturated heterocycles. The number of aliphatic hydroxyl groups excluding tert-OH is 1. The van der Waals surface area contributed by atoms with Gasteiger partial charge in [-0.1, -0.05) is 234 Å². The van der Waals surface area contributed by atoms with Gasteiger partial charge in [0, 0.05) is 20.1 Å². The number of carbonyl (C=O) groups is 5. The van der Waals surface area contributed by atoms with E-state index in [1.54, 1.807) is 30.2 Å². The number of hydrogen-bond acceptors (Lipinski definition) is 9. The maximum Gasteiger partial charge on any atom is 0.358 e. The number of hydrogen-bond donors (Lipinski definition) is 2. The molecular weight excluding hydrogens is 1450 g/mol. The second kappa shape index (κ2) is 39.9. The molecule has 2 amide bonds. The van der Waals surface area contributed by atoms with Gasteiger partial charge < -0.3 is 24.5 Å². The summed E-state index contributed by atoms with van der Waals surface area (Å²) >= 11 is 9.53. The van der Waals surface area contributed by atoms with Gasteiger partial charge in [-0.25, -0.2) is 9.59 Å². The quantitative estimate of drug-likeness (QED) is 0.0580. The number of aliphatic carboxylic acids is 1. The Hall–Kier alpha value is -3.35. The Morgan fingerprint density at radius 1 is 0.487 bits per heavy atom. The van der Waals surface area contributed by atoms with Crippen molar-refractivity contribution in [1.82, 2.24) is 5.06 Å². The van der Waals surface area contributed by atoms with Crippen LogP contribution in [0.3, 0.4) is 0 Å². The van der Waals surface area contributed by atoms with Gasteiger partial charge in [-0.3, -0.25) is 14.4 Å². The Balaban J connectivity index is 0.000000167. The van der Waals surface area contributed by atoms with E-state index in [1.165, 1.54) is 179 Å². The van der Waals surface area contributed by atoms with E-state index >= 15 is 0 Å². The summed E-state index contributed by atoms with van der Waals surface area (Å²) in [5.74, 6) is 11.9. The highest BCUT2D eigenvalue weighted by molar-refractivity contribution is 6.40. The number of aliphatic hydroxyl groups is 1. The van der Waals surface area contributed by atoms with Crippen molar-refractivity contribution >= 4 is 52.7 Å². The summed E-state index contributed by atoms with van der Waals surface area (Å²) < 4.78 is 19.4. The summed E-state index contributed by atoms with van der Waals surface area (Å²) in [6.45, 7) is 40.1. The van der Waals surface area contributed by atoms with E-state index in [1.807, 2.05) is 18.2 Å². The van der Waals surface area contributed by atoms with Gasteiger partial charge in [0.2, 0.25) is 0 Å². The number of fused-ring (bicyclic) bond motifs is 15. The third-order valence-electron chi connectivity index (χ3n) is 34.6. The Bertz CT molecular complexity index is 3440. The maximum atomic E-state index is 12.3. The number of carbonyl (C=O) groups excluding carboxylic acids is 4. The average molecular weight is 1610 g/mol. The van der Waals surface area contributed by atoms with Crippen LogP contribution in [0.25, 0.3) is 0 Å². The minimum Gasteiger partial charge on any atom is -0.480 e. The van der Waals surface area contributed by atoms with Gasteiger partial charge in [0.15, 0.2) is 0 Å². The Morgan fingerprint density at radius 3 is 1.19 bits per heavy atom. The molecule has 1 aromatic rings. The molecule has 113 heavy (non-hydrogen) atoms. The lowest BCUT2D eigenvalue weighted by atomic mass is 9.47. The number of ketones is 1. The van der Waals surface area contributed by atoms with E-state index in [2.05, 4.69) is 122 Å². The van der Waals surface area contributed by atoms with Crippen LogP contribution in [0.2, 0.25) is 0 Å². The van der Waals surface area contributed by atoms with Crippen LogP contribution in [0.15, 0.2) is 65.3 Å². The van der Waals surface area contributed by atoms with Gasteiger partial charge in [-0.2, -0.15) is 0 Å². The van der Waals surface area contributed by atoms with Crippen LogP contribution in [0, 0.1) is 139 Å². The van der Waals surface area contributed by atoms with E-state index in [-0.39, 0.29) is 60.9 Å². The molecule has 2 N–H and O–H groups in total. The minimum absolute atomic E-state index is 0.0187. The number of ether oxygens (including phenoxy) is 2. The summed E-state index contributed by atoms with van der Waals surface area (Å²) in [5.41, 5.74) is 8.05. The number of allylic oxidation sites excluding steroid dienone is 3. The van der Waals surface area contributed by atoms with Crippen LogP contribution in [0.4, 0.5) is 0 Å². The SMILES string of the molecule is CC(C)CCCC(C)C1CCC2C3CC=C4C[C@@H](O)CC[C@]4(C)C3CC[C@]12C.CC(C)CCCC(C)C1CCC2C3CC=C4C[C@@H](OCC(=O)O)CC[C@]4(C)C3CC[C@]12C.CC(C)CCCC(C)C1CCC2C3CC=C4C[C@@H](OCC(=O)ON5C(=O)CCC5=O)CC[C@]4(C)C3CC[C@]12C.ClCCl.[2H]C(C)(C(C)=O)c1ccccc1. The summed E-state index contributed by atoms with van der Waals surface area (Å²) in [6, 6.07) is 9.15. The van der Waals surface area contributed by atoms with Gasteiger partial charge in [-0.05, 0) is 306 Å². The Labute approximate surface area is 698 Å². The van der Waals surface area contributed by atoms with Crippen molar-refractivity contribution in [3.05, 3.63) is 70.8 Å². The molecule has 0 spiro atoms. The molecule has 1 aromatic carbocycles. The van der Waals surface area contributed by atoms with Gasteiger partial charge in [0.1, 0.15) is 19.0 Å². The van der Waals surface area contributed by atoms with Crippen molar-refractivity contribution in [1.29, 1.82) is 0 Å². The highest BCUT2D eigenvalue weighted by Gasteiger charge is 2.63. The molecule has 12 aliphatic carbocycles. The molecule has 0 aromatic heterocycles. The first-order chi connectivity index (χ1) is 53.9. The molecule has 16 unspecified atom stereocenters. The lowest BCUT2D eigenvalue weighted by Crippen LogP contribution is -2.51. The molecule has 13 heteroatoms. The van der Waals surface area contributed by atoms with E-state index < -0.39 is 29.6 Å². The fraction of sp³-hybridized carbons (Fsp3) is 0.830. The van der Waals surface area contributed by atoms with Crippen LogP contribution in [-0.2, 0) is 38.3 Å². The highest BCUT2D eigenvalue weighted by atomic mass is 35.5. The lowest BCUT2D eigenvalue weighted by Gasteiger charge is -2.58. The normalized spacial score (nSPS) is 38.6. The molecular formula is C100H159Cl2NO10. The molecule has 13 aliphatic rings. The maximum absolute atomic E-state index is 12.3. The molecule has 11 nitrogen and oxygen atoms in total.